The van der Waals surface area contributed by atoms with Gasteiger partial charge in [0.2, 0.25) is 0 Å². The second-order valence-corrected chi connectivity index (χ2v) is 11.2. The van der Waals surface area contributed by atoms with Gasteiger partial charge in [0.1, 0.15) is 4.90 Å². The Hall–Kier alpha value is -2.74. The van der Waals surface area contributed by atoms with Crippen molar-refractivity contribution in [3.63, 3.8) is 0 Å². The molecule has 0 saturated carbocycles. The summed E-state index contributed by atoms with van der Waals surface area (Å²) in [7, 11) is -4.00. The van der Waals surface area contributed by atoms with Crippen LogP contribution in [0, 0.1) is 20.8 Å². The zero-order valence-electron chi connectivity index (χ0n) is 19.8. The molecule has 35 heavy (non-hydrogen) atoms. The van der Waals surface area contributed by atoms with E-state index in [2.05, 4.69) is 9.62 Å². The lowest BCUT2D eigenvalue weighted by Gasteiger charge is -2.37. The van der Waals surface area contributed by atoms with E-state index in [9.17, 15) is 13.2 Å². The SMILES string of the molecule is Cc1ccc(Cl)cc1N1CCN(C(=O)c2ccc(Cl)c(S(=O)(=O)Nc3cccc(C)c3C)c2)CC1. The minimum atomic E-state index is -4.00. The molecular weight excluding hydrogens is 505 g/mol. The second kappa shape index (κ2) is 10.1. The summed E-state index contributed by atoms with van der Waals surface area (Å²) in [6.45, 7) is 8.11. The lowest BCUT2D eigenvalue weighted by atomic mass is 10.1. The molecule has 1 heterocycles. The van der Waals surface area contributed by atoms with Gasteiger partial charge in [-0.2, -0.15) is 0 Å². The molecule has 184 valence electrons. The Balaban J connectivity index is 1.52. The number of sulfonamides is 1. The number of hydrogen-bond acceptors (Lipinski definition) is 4. The molecule has 0 aliphatic carbocycles. The van der Waals surface area contributed by atoms with Crippen molar-refractivity contribution in [1.29, 1.82) is 0 Å². The Labute approximate surface area is 216 Å². The zero-order chi connectivity index (χ0) is 25.3. The van der Waals surface area contributed by atoms with Crippen LogP contribution < -0.4 is 9.62 Å². The summed E-state index contributed by atoms with van der Waals surface area (Å²) in [6.07, 6.45) is 0. The summed E-state index contributed by atoms with van der Waals surface area (Å²) in [5.74, 6) is -0.229. The standard InChI is InChI=1S/C26H27Cl2N3O3S/c1-17-5-4-6-23(19(17)3)29-35(33,34)25-15-20(8-10-22(25)28)26(32)31-13-11-30(12-14-31)24-16-21(27)9-7-18(24)2/h4-10,15-16,29H,11-14H2,1-3H3. The molecule has 0 aromatic heterocycles. The van der Waals surface area contributed by atoms with Crippen LogP contribution >= 0.6 is 23.2 Å². The van der Waals surface area contributed by atoms with E-state index in [1.807, 2.05) is 45.0 Å². The molecule has 1 N–H and O–H groups in total. The smallest absolute Gasteiger partial charge is 0.263 e. The van der Waals surface area contributed by atoms with Crippen molar-refractivity contribution < 1.29 is 13.2 Å². The van der Waals surface area contributed by atoms with Crippen LogP contribution in [0.2, 0.25) is 10.0 Å². The predicted molar refractivity (Wildman–Crippen MR) is 142 cm³/mol. The molecule has 4 rings (SSSR count). The summed E-state index contributed by atoms with van der Waals surface area (Å²) >= 11 is 12.4. The predicted octanol–water partition coefficient (Wildman–Crippen LogP) is 5.68. The Bertz CT molecular complexity index is 1380. The van der Waals surface area contributed by atoms with Crippen LogP contribution in [-0.2, 0) is 10.0 Å². The molecule has 1 aliphatic rings. The number of benzene rings is 3. The van der Waals surface area contributed by atoms with Gasteiger partial charge in [-0.15, -0.1) is 0 Å². The molecule has 0 bridgehead atoms. The van der Waals surface area contributed by atoms with Crippen molar-refractivity contribution in [3.8, 4) is 0 Å². The molecule has 0 radical (unpaired) electrons. The Morgan fingerprint density at radius 2 is 1.60 bits per heavy atom. The lowest BCUT2D eigenvalue weighted by Crippen LogP contribution is -2.49. The highest BCUT2D eigenvalue weighted by molar-refractivity contribution is 7.92. The maximum absolute atomic E-state index is 13.2. The van der Waals surface area contributed by atoms with E-state index >= 15 is 0 Å². The maximum atomic E-state index is 13.2. The fourth-order valence-corrected chi connectivity index (χ4v) is 5.98. The molecule has 1 fully saturated rings. The molecule has 1 saturated heterocycles. The van der Waals surface area contributed by atoms with Crippen molar-refractivity contribution in [2.45, 2.75) is 25.7 Å². The van der Waals surface area contributed by atoms with E-state index in [1.54, 1.807) is 23.1 Å². The fraction of sp³-hybridized carbons (Fsp3) is 0.269. The number of halogens is 2. The maximum Gasteiger partial charge on any atom is 0.263 e. The first-order valence-electron chi connectivity index (χ1n) is 11.3. The Morgan fingerprint density at radius 3 is 2.31 bits per heavy atom. The average molecular weight is 532 g/mol. The normalized spacial score (nSPS) is 14.2. The molecular formula is C26H27Cl2N3O3S. The van der Waals surface area contributed by atoms with Crippen LogP contribution in [0.15, 0.2) is 59.5 Å². The van der Waals surface area contributed by atoms with E-state index in [4.69, 9.17) is 23.2 Å². The summed E-state index contributed by atoms with van der Waals surface area (Å²) in [4.78, 5) is 17.0. The first-order chi connectivity index (χ1) is 16.6. The van der Waals surface area contributed by atoms with Gasteiger partial charge in [-0.25, -0.2) is 8.42 Å². The zero-order valence-corrected chi connectivity index (χ0v) is 22.1. The number of carbonyl (C=O) groups excluding carboxylic acids is 1. The monoisotopic (exact) mass is 531 g/mol. The van der Waals surface area contributed by atoms with Crippen LogP contribution in [0.25, 0.3) is 0 Å². The van der Waals surface area contributed by atoms with Gasteiger partial charge in [-0.1, -0.05) is 41.4 Å². The Morgan fingerprint density at radius 1 is 0.886 bits per heavy atom. The first-order valence-corrected chi connectivity index (χ1v) is 13.5. The van der Waals surface area contributed by atoms with Gasteiger partial charge in [-0.3, -0.25) is 9.52 Å². The highest BCUT2D eigenvalue weighted by Crippen LogP contribution is 2.29. The minimum absolute atomic E-state index is 0.0561. The molecule has 0 spiro atoms. The molecule has 6 nitrogen and oxygen atoms in total. The quantitative estimate of drug-likeness (QED) is 0.459. The molecule has 3 aromatic rings. The van der Waals surface area contributed by atoms with Crippen molar-refractivity contribution in [2.75, 3.05) is 35.8 Å². The van der Waals surface area contributed by atoms with Crippen molar-refractivity contribution in [2.24, 2.45) is 0 Å². The van der Waals surface area contributed by atoms with E-state index in [0.29, 0.717) is 36.9 Å². The summed E-state index contributed by atoms with van der Waals surface area (Å²) in [5, 5.41) is 0.731. The largest absolute Gasteiger partial charge is 0.368 e. The molecule has 1 aliphatic heterocycles. The second-order valence-electron chi connectivity index (χ2n) is 8.71. The van der Waals surface area contributed by atoms with Gasteiger partial charge >= 0.3 is 0 Å². The van der Waals surface area contributed by atoms with Gasteiger partial charge in [0, 0.05) is 42.5 Å². The van der Waals surface area contributed by atoms with E-state index in [1.165, 1.54) is 12.1 Å². The van der Waals surface area contributed by atoms with Gasteiger partial charge in [0.05, 0.1) is 10.7 Å². The summed E-state index contributed by atoms with van der Waals surface area (Å²) in [6, 6.07) is 15.5. The number of piperazine rings is 1. The fourth-order valence-electron chi connectivity index (χ4n) is 4.16. The topological polar surface area (TPSA) is 69.7 Å². The molecule has 0 atom stereocenters. The number of amides is 1. The van der Waals surface area contributed by atoms with Gasteiger partial charge in [0.15, 0.2) is 0 Å². The van der Waals surface area contributed by atoms with Gasteiger partial charge < -0.3 is 9.80 Å². The minimum Gasteiger partial charge on any atom is -0.368 e. The third-order valence-electron chi connectivity index (χ3n) is 6.40. The average Bonchev–Trinajstić information content (AvgIpc) is 2.83. The van der Waals surface area contributed by atoms with Crippen LogP contribution in [0.1, 0.15) is 27.0 Å². The highest BCUT2D eigenvalue weighted by atomic mass is 35.5. The van der Waals surface area contributed by atoms with Crippen LogP contribution in [-0.4, -0.2) is 45.4 Å². The van der Waals surface area contributed by atoms with Crippen molar-refractivity contribution in [1.82, 2.24) is 4.90 Å². The first kappa shape index (κ1) is 25.4. The number of nitrogens with zero attached hydrogens (tertiary/aromatic N) is 2. The van der Waals surface area contributed by atoms with E-state index in [-0.39, 0.29) is 21.4 Å². The number of nitrogens with one attached hydrogen (secondary N) is 1. The molecule has 3 aromatic carbocycles. The van der Waals surface area contributed by atoms with Crippen LogP contribution in [0.5, 0.6) is 0 Å². The van der Waals surface area contributed by atoms with Crippen LogP contribution in [0.4, 0.5) is 11.4 Å². The number of aryl methyl sites for hydroxylation is 2. The van der Waals surface area contributed by atoms with Gasteiger partial charge in [-0.05, 0) is 73.9 Å². The van der Waals surface area contributed by atoms with Crippen molar-refractivity contribution >= 4 is 50.5 Å². The summed E-state index contributed by atoms with van der Waals surface area (Å²) in [5.41, 5.74) is 4.73. The number of hydrogen-bond donors (Lipinski definition) is 1. The third-order valence-corrected chi connectivity index (χ3v) is 8.48. The Kier molecular flexibility index (Phi) is 7.31. The molecule has 0 unspecified atom stereocenters. The molecule has 9 heteroatoms. The third kappa shape index (κ3) is 5.42. The number of anilines is 2. The number of carbonyl (C=O) groups is 1. The number of rotatable bonds is 5. The lowest BCUT2D eigenvalue weighted by molar-refractivity contribution is 0.0746. The van der Waals surface area contributed by atoms with Crippen LogP contribution in [0.3, 0.4) is 0 Å². The molecule has 1 amide bonds. The van der Waals surface area contributed by atoms with E-state index in [0.717, 1.165) is 22.4 Å². The van der Waals surface area contributed by atoms with Crippen molar-refractivity contribution in [3.05, 3.63) is 86.9 Å². The highest BCUT2D eigenvalue weighted by Gasteiger charge is 2.26. The van der Waals surface area contributed by atoms with Gasteiger partial charge in [0.25, 0.3) is 15.9 Å². The van der Waals surface area contributed by atoms with E-state index < -0.39 is 10.0 Å². The summed E-state index contributed by atoms with van der Waals surface area (Å²) < 4.78 is 28.9.